The molecule has 0 spiro atoms. The van der Waals surface area contributed by atoms with Crippen LogP contribution in [0.2, 0.25) is 0 Å². The van der Waals surface area contributed by atoms with Gasteiger partial charge in [-0.15, -0.1) is 0 Å². The largest absolute Gasteiger partial charge is 0.513 e. The molecular weight excluding hydrogens is 148 g/mol. The number of nitrogens with zero attached hydrogens (tertiary/aromatic N) is 1. The Morgan fingerprint density at radius 1 is 1.91 bits per heavy atom. The summed E-state index contributed by atoms with van der Waals surface area (Å²) in [6.07, 6.45) is 1.000. The van der Waals surface area contributed by atoms with Crippen LogP contribution in [0.3, 0.4) is 0 Å². The van der Waals surface area contributed by atoms with E-state index in [1.165, 1.54) is 0 Å². The highest BCUT2D eigenvalue weighted by Crippen LogP contribution is 2.04. The fourth-order valence-corrected chi connectivity index (χ4v) is 0.656. The van der Waals surface area contributed by atoms with Gasteiger partial charge in [-0.1, -0.05) is 6.92 Å². The molecule has 0 unspecified atom stereocenters. The molecule has 0 fully saturated rings. The van der Waals surface area contributed by atoms with E-state index in [4.69, 9.17) is 5.11 Å². The zero-order chi connectivity index (χ0) is 8.27. The predicted octanol–water partition coefficient (Wildman–Crippen LogP) is 1.03. The number of aryl methyl sites for hydroxylation is 1. The number of imidazole rings is 1. The molecule has 0 bridgehead atoms. The summed E-state index contributed by atoms with van der Waals surface area (Å²) in [7, 11) is 0. The quantitative estimate of drug-likeness (QED) is 0.627. The van der Waals surface area contributed by atoms with E-state index in [1.807, 2.05) is 6.92 Å². The molecule has 0 aliphatic heterocycles. The minimum Gasteiger partial charge on any atom is -0.449 e. The number of H-pyrrole nitrogens is 1. The third-order valence-corrected chi connectivity index (χ3v) is 1.15. The lowest BCUT2D eigenvalue weighted by atomic mass is 10.4. The van der Waals surface area contributed by atoms with E-state index in [9.17, 15) is 4.79 Å². The van der Waals surface area contributed by atoms with Gasteiger partial charge in [-0.2, -0.15) is 0 Å². The fourth-order valence-electron chi connectivity index (χ4n) is 0.656. The normalized spacial score (nSPS) is 9.55. The second-order valence-corrected chi connectivity index (χ2v) is 1.92. The van der Waals surface area contributed by atoms with Crippen LogP contribution >= 0.6 is 0 Å². The highest BCUT2D eigenvalue weighted by molar-refractivity contribution is 5.59. The van der Waals surface area contributed by atoms with Crippen molar-refractivity contribution in [2.24, 2.45) is 0 Å². The van der Waals surface area contributed by atoms with Gasteiger partial charge in [0.25, 0.3) is 0 Å². The first-order valence-electron chi connectivity index (χ1n) is 3.17. The van der Waals surface area contributed by atoms with Crippen molar-refractivity contribution in [2.45, 2.75) is 13.3 Å². The Morgan fingerprint density at radius 3 is 3.09 bits per heavy atom. The third-order valence-electron chi connectivity index (χ3n) is 1.15. The average Bonchev–Trinajstić information content (AvgIpc) is 2.34. The minimum absolute atomic E-state index is 0.0225. The van der Waals surface area contributed by atoms with Crippen LogP contribution in [0.5, 0.6) is 6.01 Å². The van der Waals surface area contributed by atoms with Crippen LogP contribution in [0.25, 0.3) is 0 Å². The molecule has 1 aromatic heterocycles. The Labute approximate surface area is 63.0 Å². The van der Waals surface area contributed by atoms with Crippen LogP contribution in [0.1, 0.15) is 12.6 Å². The molecule has 11 heavy (non-hydrogen) atoms. The number of rotatable bonds is 2. The highest BCUT2D eigenvalue weighted by atomic mass is 16.7. The smallest absolute Gasteiger partial charge is 0.449 e. The van der Waals surface area contributed by atoms with Gasteiger partial charge in [0.15, 0.2) is 0 Å². The number of carbonyl (C=O) groups is 1. The van der Waals surface area contributed by atoms with Gasteiger partial charge in [0, 0.05) is 6.20 Å². The second-order valence-electron chi connectivity index (χ2n) is 1.92. The maximum atomic E-state index is 9.98. The van der Waals surface area contributed by atoms with E-state index in [0.717, 1.165) is 12.1 Å². The highest BCUT2D eigenvalue weighted by Gasteiger charge is 2.03. The van der Waals surface area contributed by atoms with Crippen molar-refractivity contribution in [1.82, 2.24) is 9.97 Å². The monoisotopic (exact) mass is 156 g/mol. The maximum absolute atomic E-state index is 9.98. The Balaban J connectivity index is 2.65. The summed E-state index contributed by atoms with van der Waals surface area (Å²) in [4.78, 5) is 16.4. The van der Waals surface area contributed by atoms with E-state index < -0.39 is 6.16 Å². The molecule has 60 valence electrons. The summed E-state index contributed by atoms with van der Waals surface area (Å²) in [5, 5.41) is 8.17. The Morgan fingerprint density at radius 2 is 2.64 bits per heavy atom. The van der Waals surface area contributed by atoms with Gasteiger partial charge in [-0.25, -0.2) is 9.78 Å². The first-order valence-corrected chi connectivity index (χ1v) is 3.17. The standard InChI is InChI=1S/C6H8N2O3/c1-2-4-3-7-5(8-4)11-6(9)10/h3H,2H2,1H3,(H,7,8)(H,9,10). The molecule has 1 aromatic rings. The first-order chi connectivity index (χ1) is 5.22. The van der Waals surface area contributed by atoms with E-state index in [1.54, 1.807) is 6.20 Å². The van der Waals surface area contributed by atoms with Gasteiger partial charge < -0.3 is 14.8 Å². The van der Waals surface area contributed by atoms with Crippen molar-refractivity contribution < 1.29 is 14.6 Å². The summed E-state index contributed by atoms with van der Waals surface area (Å²) in [6.45, 7) is 1.92. The van der Waals surface area contributed by atoms with E-state index in [-0.39, 0.29) is 6.01 Å². The molecule has 5 heteroatoms. The molecule has 0 aromatic carbocycles. The summed E-state index contributed by atoms with van der Waals surface area (Å²) >= 11 is 0. The van der Waals surface area contributed by atoms with Crippen molar-refractivity contribution >= 4 is 6.16 Å². The second kappa shape index (κ2) is 3.05. The van der Waals surface area contributed by atoms with Crippen LogP contribution < -0.4 is 4.74 Å². The Bertz CT molecular complexity index is 256. The molecule has 0 aliphatic rings. The zero-order valence-corrected chi connectivity index (χ0v) is 6.00. The molecule has 2 N–H and O–H groups in total. The van der Waals surface area contributed by atoms with Gasteiger partial charge in [0.05, 0.1) is 5.69 Å². The van der Waals surface area contributed by atoms with Gasteiger partial charge in [-0.3, -0.25) is 0 Å². The molecule has 0 saturated carbocycles. The minimum atomic E-state index is -1.36. The summed E-state index contributed by atoms with van der Waals surface area (Å²) in [5.74, 6) is 0. The number of hydrogen-bond donors (Lipinski definition) is 2. The molecule has 0 atom stereocenters. The van der Waals surface area contributed by atoms with Crippen molar-refractivity contribution in [3.63, 3.8) is 0 Å². The number of ether oxygens (including phenoxy) is 1. The van der Waals surface area contributed by atoms with Crippen LogP contribution in [0.15, 0.2) is 6.20 Å². The molecule has 0 saturated heterocycles. The Kier molecular flexibility index (Phi) is 2.10. The summed E-state index contributed by atoms with van der Waals surface area (Å²) in [6, 6.07) is 0.0225. The molecule has 1 rings (SSSR count). The predicted molar refractivity (Wildman–Crippen MR) is 36.6 cm³/mol. The van der Waals surface area contributed by atoms with E-state index in [0.29, 0.717) is 0 Å². The Hall–Kier alpha value is -1.52. The van der Waals surface area contributed by atoms with E-state index in [2.05, 4.69) is 14.7 Å². The molecule has 5 nitrogen and oxygen atoms in total. The lowest BCUT2D eigenvalue weighted by Crippen LogP contribution is -2.04. The molecule has 0 amide bonds. The summed E-state index contributed by atoms with van der Waals surface area (Å²) < 4.78 is 4.25. The summed E-state index contributed by atoms with van der Waals surface area (Å²) in [5.41, 5.74) is 0.779. The molecule has 1 heterocycles. The van der Waals surface area contributed by atoms with Crippen LogP contribution in [0, 0.1) is 0 Å². The number of aromatic amines is 1. The topological polar surface area (TPSA) is 75.2 Å². The zero-order valence-electron chi connectivity index (χ0n) is 6.00. The van der Waals surface area contributed by atoms with Crippen LogP contribution in [0.4, 0.5) is 4.79 Å². The van der Waals surface area contributed by atoms with Gasteiger partial charge in [-0.05, 0) is 6.42 Å². The lowest BCUT2D eigenvalue weighted by Gasteiger charge is -1.90. The number of nitrogens with one attached hydrogen (secondary N) is 1. The molecule has 0 aliphatic carbocycles. The fraction of sp³-hybridized carbons (Fsp3) is 0.333. The SMILES string of the molecule is CCc1c[nH]c(OC(=O)O)n1. The molecular formula is C6H8N2O3. The van der Waals surface area contributed by atoms with Crippen molar-refractivity contribution in [2.75, 3.05) is 0 Å². The van der Waals surface area contributed by atoms with Gasteiger partial charge in [0.1, 0.15) is 0 Å². The van der Waals surface area contributed by atoms with E-state index >= 15 is 0 Å². The third kappa shape index (κ3) is 1.96. The molecule has 0 radical (unpaired) electrons. The van der Waals surface area contributed by atoms with Gasteiger partial charge >= 0.3 is 12.2 Å². The average molecular weight is 156 g/mol. The number of hydrogen-bond acceptors (Lipinski definition) is 3. The van der Waals surface area contributed by atoms with Gasteiger partial charge in [0.2, 0.25) is 0 Å². The van der Waals surface area contributed by atoms with Crippen molar-refractivity contribution in [1.29, 1.82) is 0 Å². The van der Waals surface area contributed by atoms with Crippen molar-refractivity contribution in [3.8, 4) is 6.01 Å². The lowest BCUT2D eigenvalue weighted by molar-refractivity contribution is 0.141. The van der Waals surface area contributed by atoms with Crippen LogP contribution in [-0.4, -0.2) is 21.2 Å². The number of aromatic nitrogens is 2. The maximum Gasteiger partial charge on any atom is 0.513 e. The first kappa shape index (κ1) is 7.59. The van der Waals surface area contributed by atoms with Crippen LogP contribution in [-0.2, 0) is 6.42 Å². The van der Waals surface area contributed by atoms with Crippen molar-refractivity contribution in [3.05, 3.63) is 11.9 Å². The number of carboxylic acid groups (broad SMARTS) is 1.